The molecule has 0 atom stereocenters. The van der Waals surface area contributed by atoms with Crippen molar-refractivity contribution in [2.45, 2.75) is 26.9 Å². The molecule has 3 rings (SSSR count). The van der Waals surface area contributed by atoms with E-state index >= 15 is 0 Å². The molecule has 0 spiro atoms. The third kappa shape index (κ3) is 5.65. The molecule has 1 heterocycles. The topological polar surface area (TPSA) is 98.3 Å². The fourth-order valence-electron chi connectivity index (χ4n) is 2.51. The lowest BCUT2D eigenvalue weighted by Gasteiger charge is -2.15. The van der Waals surface area contributed by atoms with Gasteiger partial charge in [0.1, 0.15) is 5.75 Å². The van der Waals surface area contributed by atoms with Crippen LogP contribution in [0, 0.1) is 0 Å². The number of anilines is 4. The summed E-state index contributed by atoms with van der Waals surface area (Å²) >= 11 is 0. The minimum absolute atomic E-state index is 0.0521. The van der Waals surface area contributed by atoms with Gasteiger partial charge < -0.3 is 20.1 Å². The molecule has 0 aliphatic heterocycles. The molecule has 8 heteroatoms. The van der Waals surface area contributed by atoms with Crippen LogP contribution in [-0.4, -0.2) is 33.9 Å². The van der Waals surface area contributed by atoms with Crippen LogP contribution in [0.5, 0.6) is 5.75 Å². The van der Waals surface area contributed by atoms with E-state index in [0.29, 0.717) is 23.9 Å². The Bertz CT molecular complexity index is 961. The third-order valence-electron chi connectivity index (χ3n) is 3.72. The molecule has 8 nitrogen and oxygen atoms in total. The Morgan fingerprint density at radius 2 is 1.83 bits per heavy atom. The highest BCUT2D eigenvalue weighted by Gasteiger charge is 2.09. The zero-order valence-electron chi connectivity index (χ0n) is 16.5. The number of nitrogens with one attached hydrogen (secondary N) is 2. The number of para-hydroxylation sites is 2. The highest BCUT2D eigenvalue weighted by molar-refractivity contribution is 5.89. The molecule has 1 aromatic heterocycles. The van der Waals surface area contributed by atoms with E-state index in [1.807, 2.05) is 38.1 Å². The van der Waals surface area contributed by atoms with Gasteiger partial charge in [-0.3, -0.25) is 0 Å². The van der Waals surface area contributed by atoms with Crippen LogP contribution in [-0.2, 0) is 4.74 Å². The summed E-state index contributed by atoms with van der Waals surface area (Å²) < 4.78 is 10.8. The van der Waals surface area contributed by atoms with Crippen molar-refractivity contribution in [2.75, 3.05) is 17.2 Å². The van der Waals surface area contributed by atoms with Crippen molar-refractivity contribution in [1.82, 2.24) is 15.2 Å². The van der Waals surface area contributed by atoms with E-state index in [0.717, 1.165) is 17.1 Å². The summed E-state index contributed by atoms with van der Waals surface area (Å²) in [5.41, 5.74) is 1.99. The number of benzene rings is 2. The molecule has 0 saturated heterocycles. The Hall–Kier alpha value is -3.68. The Balaban J connectivity index is 1.71. The fraction of sp³-hybridized carbons (Fsp3) is 0.238. The molecule has 0 amide bonds. The second kappa shape index (κ2) is 9.50. The Kier molecular flexibility index (Phi) is 6.57. The maximum atomic E-state index is 11.7. The summed E-state index contributed by atoms with van der Waals surface area (Å²) in [4.78, 5) is 16.2. The first-order valence-corrected chi connectivity index (χ1v) is 9.31. The van der Waals surface area contributed by atoms with E-state index in [1.165, 1.54) is 6.20 Å². The molecule has 0 aliphatic rings. The summed E-state index contributed by atoms with van der Waals surface area (Å²) in [6.45, 7) is 6.05. The van der Waals surface area contributed by atoms with Gasteiger partial charge >= 0.3 is 5.97 Å². The largest absolute Gasteiger partial charge is 0.489 e. The Morgan fingerprint density at radius 1 is 1.07 bits per heavy atom. The van der Waals surface area contributed by atoms with Crippen LogP contribution in [0.15, 0.2) is 54.7 Å². The third-order valence-corrected chi connectivity index (χ3v) is 3.72. The molecule has 3 aromatic rings. The molecule has 0 radical (unpaired) electrons. The SMILES string of the molecule is CCOC(=O)c1ccc(Nc2nncc(Nc3ccccc3OC(C)C)n2)cc1. The zero-order chi connectivity index (χ0) is 20.6. The molecular formula is C21H23N5O3. The lowest BCUT2D eigenvalue weighted by Crippen LogP contribution is -2.08. The molecule has 2 aromatic carbocycles. The second-order valence-electron chi connectivity index (χ2n) is 6.38. The van der Waals surface area contributed by atoms with Crippen molar-refractivity contribution in [2.24, 2.45) is 0 Å². The number of hydrogen-bond donors (Lipinski definition) is 2. The first kappa shape index (κ1) is 20.1. The van der Waals surface area contributed by atoms with Gasteiger partial charge in [0, 0.05) is 5.69 Å². The average Bonchev–Trinajstić information content (AvgIpc) is 2.70. The van der Waals surface area contributed by atoms with E-state index in [-0.39, 0.29) is 12.1 Å². The normalized spacial score (nSPS) is 10.5. The fourth-order valence-corrected chi connectivity index (χ4v) is 2.51. The van der Waals surface area contributed by atoms with E-state index in [1.54, 1.807) is 31.2 Å². The maximum Gasteiger partial charge on any atom is 0.338 e. The first-order valence-electron chi connectivity index (χ1n) is 9.31. The van der Waals surface area contributed by atoms with Crippen molar-refractivity contribution in [1.29, 1.82) is 0 Å². The average molecular weight is 393 g/mol. The lowest BCUT2D eigenvalue weighted by molar-refractivity contribution is 0.0526. The number of rotatable bonds is 8. The molecule has 29 heavy (non-hydrogen) atoms. The van der Waals surface area contributed by atoms with Gasteiger partial charge in [-0.25, -0.2) is 4.79 Å². The molecule has 2 N–H and O–H groups in total. The van der Waals surface area contributed by atoms with Crippen molar-refractivity contribution < 1.29 is 14.3 Å². The number of carbonyl (C=O) groups excluding carboxylic acids is 1. The molecule has 0 bridgehead atoms. The quantitative estimate of drug-likeness (QED) is 0.546. The molecule has 0 unspecified atom stereocenters. The number of esters is 1. The van der Waals surface area contributed by atoms with Crippen molar-refractivity contribution in [3.05, 3.63) is 60.3 Å². The van der Waals surface area contributed by atoms with Crippen LogP contribution in [0.25, 0.3) is 0 Å². The highest BCUT2D eigenvalue weighted by Crippen LogP contribution is 2.27. The second-order valence-corrected chi connectivity index (χ2v) is 6.38. The molecular weight excluding hydrogens is 370 g/mol. The highest BCUT2D eigenvalue weighted by atomic mass is 16.5. The van der Waals surface area contributed by atoms with E-state index in [9.17, 15) is 4.79 Å². The number of hydrogen-bond acceptors (Lipinski definition) is 8. The summed E-state index contributed by atoms with van der Waals surface area (Å²) in [5.74, 6) is 1.21. The lowest BCUT2D eigenvalue weighted by atomic mass is 10.2. The number of ether oxygens (including phenoxy) is 2. The minimum Gasteiger partial charge on any atom is -0.489 e. The van der Waals surface area contributed by atoms with Crippen LogP contribution in [0.3, 0.4) is 0 Å². The zero-order valence-corrected chi connectivity index (χ0v) is 16.5. The Labute approximate surface area is 169 Å². The Morgan fingerprint density at radius 3 is 2.55 bits per heavy atom. The van der Waals surface area contributed by atoms with Crippen LogP contribution < -0.4 is 15.4 Å². The molecule has 0 saturated carbocycles. The van der Waals surface area contributed by atoms with Gasteiger partial charge in [-0.1, -0.05) is 12.1 Å². The smallest absolute Gasteiger partial charge is 0.338 e. The van der Waals surface area contributed by atoms with E-state index in [2.05, 4.69) is 25.8 Å². The molecule has 0 fully saturated rings. The number of nitrogens with zero attached hydrogens (tertiary/aromatic N) is 3. The van der Waals surface area contributed by atoms with Crippen molar-refractivity contribution >= 4 is 29.1 Å². The number of carbonyl (C=O) groups is 1. The van der Waals surface area contributed by atoms with Gasteiger partial charge in [0.2, 0.25) is 5.95 Å². The van der Waals surface area contributed by atoms with Gasteiger partial charge in [0.25, 0.3) is 0 Å². The summed E-state index contributed by atoms with van der Waals surface area (Å²) in [6.07, 6.45) is 1.58. The summed E-state index contributed by atoms with van der Waals surface area (Å²) in [5, 5.41) is 14.3. The van der Waals surface area contributed by atoms with Gasteiger partial charge in [0.05, 0.1) is 30.2 Å². The molecule has 150 valence electrons. The summed E-state index contributed by atoms with van der Waals surface area (Å²) in [7, 11) is 0. The van der Waals surface area contributed by atoms with Crippen LogP contribution in [0.4, 0.5) is 23.1 Å². The van der Waals surface area contributed by atoms with Crippen molar-refractivity contribution in [3.8, 4) is 5.75 Å². The first-order chi connectivity index (χ1) is 14.0. The van der Waals surface area contributed by atoms with Gasteiger partial charge in [0.15, 0.2) is 5.82 Å². The molecule has 0 aliphatic carbocycles. The standard InChI is InChI=1S/C21H23N5O3/c1-4-28-20(27)15-9-11-16(12-10-15)23-21-25-19(13-22-26-21)24-17-7-5-6-8-18(17)29-14(2)3/h5-14H,4H2,1-3H3,(H2,23,24,25,26). The van der Waals surface area contributed by atoms with E-state index < -0.39 is 0 Å². The monoisotopic (exact) mass is 393 g/mol. The maximum absolute atomic E-state index is 11.7. The van der Waals surface area contributed by atoms with Crippen LogP contribution in [0.1, 0.15) is 31.1 Å². The van der Waals surface area contributed by atoms with Gasteiger partial charge in [-0.05, 0) is 57.2 Å². The van der Waals surface area contributed by atoms with E-state index in [4.69, 9.17) is 9.47 Å². The van der Waals surface area contributed by atoms with Gasteiger partial charge in [-0.2, -0.15) is 10.1 Å². The summed E-state index contributed by atoms with van der Waals surface area (Å²) in [6, 6.07) is 14.5. The van der Waals surface area contributed by atoms with Crippen LogP contribution >= 0.6 is 0 Å². The number of aromatic nitrogens is 3. The predicted octanol–water partition coefficient (Wildman–Crippen LogP) is 4.32. The minimum atomic E-state index is -0.356. The predicted molar refractivity (Wildman–Crippen MR) is 111 cm³/mol. The van der Waals surface area contributed by atoms with Crippen LogP contribution in [0.2, 0.25) is 0 Å². The van der Waals surface area contributed by atoms with Crippen molar-refractivity contribution in [3.63, 3.8) is 0 Å². The van der Waals surface area contributed by atoms with Gasteiger partial charge in [-0.15, -0.1) is 5.10 Å².